The first-order chi connectivity index (χ1) is 7.72. The topological polar surface area (TPSA) is 57.9 Å². The fourth-order valence-electron chi connectivity index (χ4n) is 1.77. The van der Waals surface area contributed by atoms with Crippen molar-refractivity contribution in [2.45, 2.75) is 13.8 Å². The summed E-state index contributed by atoms with van der Waals surface area (Å²) in [7, 11) is 0. The number of nitrogens with zero attached hydrogens (tertiary/aromatic N) is 2. The molecule has 1 heterocycles. The normalized spacial score (nSPS) is 10.4. The molecule has 0 atom stereocenters. The van der Waals surface area contributed by atoms with Crippen molar-refractivity contribution in [1.82, 2.24) is 9.97 Å². The van der Waals surface area contributed by atoms with Crippen LogP contribution < -0.4 is 10.6 Å². The first-order valence-corrected chi connectivity index (χ1v) is 5.37. The predicted molar refractivity (Wildman–Crippen MR) is 66.9 cm³/mol. The Balaban J connectivity index is 2.40. The number of rotatable bonds is 3. The second-order valence-electron chi connectivity index (χ2n) is 3.64. The van der Waals surface area contributed by atoms with Gasteiger partial charge in [-0.05, 0) is 26.0 Å². The van der Waals surface area contributed by atoms with Gasteiger partial charge in [-0.2, -0.15) is 0 Å². The molecule has 0 saturated heterocycles. The van der Waals surface area contributed by atoms with Crippen molar-refractivity contribution >= 4 is 17.3 Å². The smallest absolute Gasteiger partial charge is 0.175 e. The van der Waals surface area contributed by atoms with Crippen LogP contribution in [0, 0.1) is 6.92 Å². The molecule has 0 spiro atoms. The van der Waals surface area contributed by atoms with Crippen LogP contribution >= 0.6 is 0 Å². The van der Waals surface area contributed by atoms with Crippen molar-refractivity contribution in [1.29, 1.82) is 0 Å². The monoisotopic (exact) mass is 216 g/mol. The Morgan fingerprint density at radius 3 is 2.50 bits per heavy atom. The molecule has 4 heteroatoms. The van der Waals surface area contributed by atoms with Crippen molar-refractivity contribution in [2.24, 2.45) is 0 Å². The van der Waals surface area contributed by atoms with Gasteiger partial charge in [-0.25, -0.2) is 4.98 Å². The molecule has 0 aliphatic carbocycles. The number of benzene rings is 1. The van der Waals surface area contributed by atoms with Crippen molar-refractivity contribution in [3.63, 3.8) is 0 Å². The van der Waals surface area contributed by atoms with E-state index in [1.165, 1.54) is 0 Å². The maximum absolute atomic E-state index is 5.90. The maximum atomic E-state index is 5.90. The Morgan fingerprint density at radius 1 is 1.31 bits per heavy atom. The minimum Gasteiger partial charge on any atom is -0.382 e. The molecule has 3 N–H and O–H groups in total. The molecule has 0 aliphatic heterocycles. The van der Waals surface area contributed by atoms with Gasteiger partial charge in [0.05, 0.1) is 0 Å². The number of aromatic amines is 1. The summed E-state index contributed by atoms with van der Waals surface area (Å²) in [6, 6.07) is 10.1. The summed E-state index contributed by atoms with van der Waals surface area (Å²) in [5.74, 6) is 2.25. The first kappa shape index (κ1) is 10.5. The summed E-state index contributed by atoms with van der Waals surface area (Å²) in [5.41, 5.74) is 7.00. The average Bonchev–Trinajstić information content (AvgIpc) is 2.61. The molecular weight excluding hydrogens is 200 g/mol. The summed E-state index contributed by atoms with van der Waals surface area (Å²) in [5, 5.41) is 0. The number of nitrogen functional groups attached to an aromatic ring is 1. The Hall–Kier alpha value is -1.97. The summed E-state index contributed by atoms with van der Waals surface area (Å²) in [4.78, 5) is 9.50. The molecule has 2 aromatic rings. The first-order valence-electron chi connectivity index (χ1n) is 5.37. The molecule has 1 aromatic heterocycles. The van der Waals surface area contributed by atoms with Crippen LogP contribution in [0.25, 0.3) is 0 Å². The molecule has 0 fully saturated rings. The minimum absolute atomic E-state index is 0.614. The number of para-hydroxylation sites is 1. The van der Waals surface area contributed by atoms with Gasteiger partial charge in [-0.15, -0.1) is 0 Å². The second kappa shape index (κ2) is 4.26. The van der Waals surface area contributed by atoms with Gasteiger partial charge in [0.25, 0.3) is 0 Å². The molecule has 0 unspecified atom stereocenters. The van der Waals surface area contributed by atoms with E-state index < -0.39 is 0 Å². The number of anilines is 3. The zero-order valence-electron chi connectivity index (χ0n) is 9.57. The zero-order valence-corrected chi connectivity index (χ0v) is 9.57. The zero-order chi connectivity index (χ0) is 11.5. The number of hydrogen-bond acceptors (Lipinski definition) is 3. The third kappa shape index (κ3) is 1.86. The van der Waals surface area contributed by atoms with Gasteiger partial charge in [-0.1, -0.05) is 18.2 Å². The number of nitrogens with two attached hydrogens (primary N) is 1. The van der Waals surface area contributed by atoms with Gasteiger partial charge >= 0.3 is 0 Å². The summed E-state index contributed by atoms with van der Waals surface area (Å²) >= 11 is 0. The molecule has 4 nitrogen and oxygen atoms in total. The van der Waals surface area contributed by atoms with Crippen molar-refractivity contribution < 1.29 is 0 Å². The lowest BCUT2D eigenvalue weighted by molar-refractivity contribution is 0.994. The molecule has 0 aliphatic rings. The van der Waals surface area contributed by atoms with E-state index in [1.807, 2.05) is 37.3 Å². The van der Waals surface area contributed by atoms with E-state index in [1.54, 1.807) is 0 Å². The van der Waals surface area contributed by atoms with Gasteiger partial charge in [0, 0.05) is 12.2 Å². The van der Waals surface area contributed by atoms with Crippen LogP contribution in [0.3, 0.4) is 0 Å². The molecular formula is C12H16N4. The largest absolute Gasteiger partial charge is 0.382 e. The fraction of sp³-hybridized carbons (Fsp3) is 0.250. The highest BCUT2D eigenvalue weighted by molar-refractivity contribution is 5.68. The SMILES string of the molecule is CCN(c1ccccc1)c1nc(C)[nH]c1N. The van der Waals surface area contributed by atoms with Gasteiger partial charge in [0.2, 0.25) is 0 Å². The standard InChI is InChI=1S/C12H16N4/c1-3-16(10-7-5-4-6-8-10)12-11(13)14-9(2)15-12/h4-8H,3,13H2,1-2H3,(H,14,15). The van der Waals surface area contributed by atoms with Gasteiger partial charge in [-0.3, -0.25) is 0 Å². The number of hydrogen-bond donors (Lipinski definition) is 2. The molecule has 16 heavy (non-hydrogen) atoms. The lowest BCUT2D eigenvalue weighted by atomic mass is 10.3. The van der Waals surface area contributed by atoms with E-state index in [-0.39, 0.29) is 0 Å². The van der Waals surface area contributed by atoms with E-state index in [4.69, 9.17) is 5.73 Å². The summed E-state index contributed by atoms with van der Waals surface area (Å²) < 4.78 is 0. The Bertz CT molecular complexity index is 461. The van der Waals surface area contributed by atoms with Crippen LogP contribution in [-0.2, 0) is 0 Å². The maximum Gasteiger partial charge on any atom is 0.175 e. The molecule has 0 amide bonds. The lowest BCUT2D eigenvalue weighted by Crippen LogP contribution is -2.17. The fourth-order valence-corrected chi connectivity index (χ4v) is 1.77. The van der Waals surface area contributed by atoms with Gasteiger partial charge in [0.15, 0.2) is 5.82 Å². The summed E-state index contributed by atoms with van der Waals surface area (Å²) in [6.45, 7) is 4.81. The third-order valence-corrected chi connectivity index (χ3v) is 2.47. The van der Waals surface area contributed by atoms with Gasteiger partial charge in [0.1, 0.15) is 11.6 Å². The molecule has 84 valence electrons. The Kier molecular flexibility index (Phi) is 2.81. The number of aromatic nitrogens is 2. The quantitative estimate of drug-likeness (QED) is 0.828. The lowest BCUT2D eigenvalue weighted by Gasteiger charge is -2.20. The average molecular weight is 216 g/mol. The second-order valence-corrected chi connectivity index (χ2v) is 3.64. The number of aryl methyl sites for hydroxylation is 1. The van der Waals surface area contributed by atoms with E-state index in [9.17, 15) is 0 Å². The van der Waals surface area contributed by atoms with Crippen molar-refractivity contribution in [3.05, 3.63) is 36.2 Å². The van der Waals surface area contributed by atoms with E-state index >= 15 is 0 Å². The van der Waals surface area contributed by atoms with Crippen LogP contribution in [0.1, 0.15) is 12.7 Å². The Morgan fingerprint density at radius 2 is 2.00 bits per heavy atom. The van der Waals surface area contributed by atoms with E-state index in [2.05, 4.69) is 21.8 Å². The molecule has 1 aromatic carbocycles. The third-order valence-electron chi connectivity index (χ3n) is 2.47. The minimum atomic E-state index is 0.614. The number of nitrogens with one attached hydrogen (secondary N) is 1. The molecule has 0 bridgehead atoms. The highest BCUT2D eigenvalue weighted by Crippen LogP contribution is 2.27. The summed E-state index contributed by atoms with van der Waals surface area (Å²) in [6.07, 6.45) is 0. The van der Waals surface area contributed by atoms with Crippen LogP contribution in [-0.4, -0.2) is 16.5 Å². The highest BCUT2D eigenvalue weighted by atomic mass is 15.2. The van der Waals surface area contributed by atoms with Crippen LogP contribution in [0.5, 0.6) is 0 Å². The van der Waals surface area contributed by atoms with Crippen molar-refractivity contribution in [3.8, 4) is 0 Å². The number of H-pyrrole nitrogens is 1. The number of imidazole rings is 1. The highest BCUT2D eigenvalue weighted by Gasteiger charge is 2.13. The molecule has 2 rings (SSSR count). The van der Waals surface area contributed by atoms with E-state index in [0.717, 1.165) is 23.9 Å². The molecule has 0 saturated carbocycles. The Labute approximate surface area is 95.1 Å². The molecule has 0 radical (unpaired) electrons. The van der Waals surface area contributed by atoms with E-state index in [0.29, 0.717) is 5.82 Å². The van der Waals surface area contributed by atoms with Crippen LogP contribution in [0.4, 0.5) is 17.3 Å². The van der Waals surface area contributed by atoms with Gasteiger partial charge < -0.3 is 15.6 Å². The van der Waals surface area contributed by atoms with Crippen LogP contribution in [0.15, 0.2) is 30.3 Å². The van der Waals surface area contributed by atoms with Crippen molar-refractivity contribution in [2.75, 3.05) is 17.2 Å². The predicted octanol–water partition coefficient (Wildman–Crippen LogP) is 2.46. The van der Waals surface area contributed by atoms with Crippen LogP contribution in [0.2, 0.25) is 0 Å².